The highest BCUT2D eigenvalue weighted by Crippen LogP contribution is 2.24. The molecule has 0 saturated carbocycles. The lowest BCUT2D eigenvalue weighted by atomic mass is 9.86. The Balaban J connectivity index is 0.00000320. The molecule has 0 aliphatic carbocycles. The van der Waals surface area contributed by atoms with E-state index in [1.807, 2.05) is 31.2 Å². The van der Waals surface area contributed by atoms with Gasteiger partial charge in [0.25, 0.3) is 0 Å². The summed E-state index contributed by atoms with van der Waals surface area (Å²) < 4.78 is 7.79. The quantitative estimate of drug-likeness (QED) is 0.337. The van der Waals surface area contributed by atoms with Crippen LogP contribution in [0.4, 0.5) is 0 Å². The second kappa shape index (κ2) is 11.7. The molecule has 1 N–H and O–H groups in total. The van der Waals surface area contributed by atoms with Crippen LogP contribution < -0.4 is 5.32 Å². The minimum Gasteiger partial charge on any atom is -0.370 e. The Morgan fingerprint density at radius 2 is 2.07 bits per heavy atom. The number of nitrogens with zero attached hydrogens (tertiary/aromatic N) is 4. The lowest BCUT2D eigenvalue weighted by molar-refractivity contribution is -0.00817. The zero-order valence-corrected chi connectivity index (χ0v) is 21.0. The van der Waals surface area contributed by atoms with E-state index < -0.39 is 0 Å². The van der Waals surface area contributed by atoms with Gasteiger partial charge in [-0.1, -0.05) is 44.2 Å². The number of rotatable bonds is 7. The molecule has 1 aromatic heterocycles. The fraction of sp³-hybridized carbons (Fsp3) is 0.565. The van der Waals surface area contributed by atoms with Gasteiger partial charge in [0.15, 0.2) is 5.96 Å². The largest absolute Gasteiger partial charge is 0.370 e. The normalized spacial score (nSPS) is 17.5. The number of guanidine groups is 1. The molecule has 2 heterocycles. The van der Waals surface area contributed by atoms with Crippen LogP contribution in [-0.2, 0) is 18.2 Å². The van der Waals surface area contributed by atoms with E-state index in [4.69, 9.17) is 4.74 Å². The monoisotopic (exact) mass is 525 g/mol. The van der Waals surface area contributed by atoms with Crippen LogP contribution >= 0.6 is 24.0 Å². The Hall–Kier alpha value is -1.61. The van der Waals surface area contributed by atoms with Crippen molar-refractivity contribution in [3.63, 3.8) is 0 Å². The van der Waals surface area contributed by atoms with Gasteiger partial charge in [-0.2, -0.15) is 5.10 Å². The van der Waals surface area contributed by atoms with Gasteiger partial charge in [0.05, 0.1) is 19.3 Å². The van der Waals surface area contributed by atoms with E-state index >= 15 is 0 Å². The van der Waals surface area contributed by atoms with Crippen molar-refractivity contribution in [1.29, 1.82) is 0 Å². The molecule has 6 nitrogen and oxygen atoms in total. The van der Waals surface area contributed by atoms with Crippen molar-refractivity contribution in [3.05, 3.63) is 53.9 Å². The maximum Gasteiger partial charge on any atom is 0.193 e. The summed E-state index contributed by atoms with van der Waals surface area (Å²) in [6, 6.07) is 10.7. The van der Waals surface area contributed by atoms with Gasteiger partial charge in [-0.25, -0.2) is 0 Å². The van der Waals surface area contributed by atoms with Gasteiger partial charge in [-0.05, 0) is 30.2 Å². The van der Waals surface area contributed by atoms with Gasteiger partial charge in [-0.3, -0.25) is 9.67 Å². The predicted molar refractivity (Wildman–Crippen MR) is 133 cm³/mol. The number of halogens is 1. The van der Waals surface area contributed by atoms with Crippen LogP contribution in [0.1, 0.15) is 43.9 Å². The molecule has 0 bridgehead atoms. The molecule has 1 aliphatic heterocycles. The van der Waals surface area contributed by atoms with E-state index in [0.717, 1.165) is 37.6 Å². The first-order valence-corrected chi connectivity index (χ1v) is 10.6. The molecule has 0 spiro atoms. The van der Waals surface area contributed by atoms with Crippen molar-refractivity contribution in [3.8, 4) is 0 Å². The standard InChI is InChI=1S/C23H35N5O.HI/c1-23(2,12-8-11-19-9-6-5-7-10-19)18-25-22(24-3)28-13-14-29-21(17-28)20-15-26-27(4)16-20;/h5-7,9-10,15-16,21H,8,11-14,17-18H2,1-4H3,(H,24,25);1H. The fourth-order valence-electron chi connectivity index (χ4n) is 3.80. The number of morpholine rings is 1. The van der Waals surface area contributed by atoms with E-state index in [0.29, 0.717) is 6.61 Å². The molecule has 1 unspecified atom stereocenters. The first-order valence-electron chi connectivity index (χ1n) is 10.6. The van der Waals surface area contributed by atoms with Crippen molar-refractivity contribution in [1.82, 2.24) is 20.0 Å². The summed E-state index contributed by atoms with van der Waals surface area (Å²) >= 11 is 0. The number of ether oxygens (including phenoxy) is 1. The summed E-state index contributed by atoms with van der Waals surface area (Å²) in [5.74, 6) is 0.957. The molecule has 1 saturated heterocycles. The fourth-order valence-corrected chi connectivity index (χ4v) is 3.80. The number of aryl methyl sites for hydroxylation is 2. The molecule has 1 atom stereocenters. The van der Waals surface area contributed by atoms with Gasteiger partial charge >= 0.3 is 0 Å². The summed E-state index contributed by atoms with van der Waals surface area (Å²) in [6.45, 7) is 7.90. The second-order valence-corrected chi connectivity index (χ2v) is 8.66. The molecule has 1 aliphatic rings. The average molecular weight is 525 g/mol. The van der Waals surface area contributed by atoms with Crippen molar-refractivity contribution in [2.24, 2.45) is 17.5 Å². The molecule has 0 radical (unpaired) electrons. The summed E-state index contributed by atoms with van der Waals surface area (Å²) in [6.07, 6.45) is 7.45. The maximum absolute atomic E-state index is 5.97. The molecular formula is C23H36IN5O. The Morgan fingerprint density at radius 1 is 1.30 bits per heavy atom. The van der Waals surface area contributed by atoms with Crippen LogP contribution in [-0.4, -0.2) is 53.9 Å². The van der Waals surface area contributed by atoms with Gasteiger partial charge in [0.1, 0.15) is 6.10 Å². The van der Waals surface area contributed by atoms with E-state index in [2.05, 4.69) is 64.5 Å². The van der Waals surface area contributed by atoms with Crippen molar-refractivity contribution >= 4 is 29.9 Å². The Morgan fingerprint density at radius 3 is 2.73 bits per heavy atom. The van der Waals surface area contributed by atoms with E-state index in [9.17, 15) is 0 Å². The zero-order valence-electron chi connectivity index (χ0n) is 18.7. The van der Waals surface area contributed by atoms with Gasteiger partial charge < -0.3 is 15.0 Å². The van der Waals surface area contributed by atoms with Gasteiger partial charge in [0.2, 0.25) is 0 Å². The average Bonchev–Trinajstić information content (AvgIpc) is 3.16. The highest BCUT2D eigenvalue weighted by Gasteiger charge is 2.26. The van der Waals surface area contributed by atoms with Crippen molar-refractivity contribution < 1.29 is 4.74 Å². The number of hydrogen-bond donors (Lipinski definition) is 1. The molecule has 1 fully saturated rings. The Bertz CT molecular complexity index is 790. The summed E-state index contributed by atoms with van der Waals surface area (Å²) in [4.78, 5) is 6.82. The lowest BCUT2D eigenvalue weighted by Crippen LogP contribution is -2.49. The lowest BCUT2D eigenvalue weighted by Gasteiger charge is -2.36. The SMILES string of the molecule is CN=C(NCC(C)(C)CCCc1ccccc1)N1CCOC(c2cnn(C)c2)C1.I. The topological polar surface area (TPSA) is 54.7 Å². The number of benzene rings is 1. The van der Waals surface area contributed by atoms with Crippen LogP contribution in [0.15, 0.2) is 47.7 Å². The number of nitrogens with one attached hydrogen (secondary N) is 1. The first kappa shape index (κ1) is 24.7. The van der Waals surface area contributed by atoms with Crippen LogP contribution in [0.3, 0.4) is 0 Å². The van der Waals surface area contributed by atoms with Crippen molar-refractivity contribution in [2.45, 2.75) is 39.2 Å². The summed E-state index contributed by atoms with van der Waals surface area (Å²) in [5.41, 5.74) is 2.75. The van der Waals surface area contributed by atoms with Crippen LogP contribution in [0.5, 0.6) is 0 Å². The van der Waals surface area contributed by atoms with Crippen LogP contribution in [0, 0.1) is 5.41 Å². The molecule has 2 aromatic rings. The summed E-state index contributed by atoms with van der Waals surface area (Å²) in [5, 5.41) is 7.88. The third-order valence-electron chi connectivity index (χ3n) is 5.56. The maximum atomic E-state index is 5.97. The minimum atomic E-state index is 0. The number of aromatic nitrogens is 2. The summed E-state index contributed by atoms with van der Waals surface area (Å²) in [7, 11) is 3.80. The molecule has 166 valence electrons. The predicted octanol–water partition coefficient (Wildman–Crippen LogP) is 4.04. The highest BCUT2D eigenvalue weighted by molar-refractivity contribution is 14.0. The Labute approximate surface area is 198 Å². The molecule has 30 heavy (non-hydrogen) atoms. The molecule has 7 heteroatoms. The third-order valence-corrected chi connectivity index (χ3v) is 5.56. The smallest absolute Gasteiger partial charge is 0.193 e. The molecular weight excluding hydrogens is 489 g/mol. The van der Waals surface area contributed by atoms with Crippen LogP contribution in [0.2, 0.25) is 0 Å². The number of hydrogen-bond acceptors (Lipinski definition) is 3. The zero-order chi connectivity index (χ0) is 20.7. The molecule has 3 rings (SSSR count). The molecule has 0 amide bonds. The molecule has 1 aromatic carbocycles. The van der Waals surface area contributed by atoms with E-state index in [1.165, 1.54) is 18.4 Å². The van der Waals surface area contributed by atoms with Crippen molar-refractivity contribution in [2.75, 3.05) is 33.3 Å². The minimum absolute atomic E-state index is 0. The first-order chi connectivity index (χ1) is 14.0. The van der Waals surface area contributed by atoms with E-state index in [1.54, 1.807) is 0 Å². The van der Waals surface area contributed by atoms with E-state index in [-0.39, 0.29) is 35.5 Å². The van der Waals surface area contributed by atoms with Gasteiger partial charge in [-0.15, -0.1) is 24.0 Å². The van der Waals surface area contributed by atoms with Gasteiger partial charge in [0, 0.05) is 38.9 Å². The number of aliphatic imine (C=N–C) groups is 1. The Kier molecular flexibility index (Phi) is 9.61. The second-order valence-electron chi connectivity index (χ2n) is 8.66. The third kappa shape index (κ3) is 7.27. The highest BCUT2D eigenvalue weighted by atomic mass is 127. The van der Waals surface area contributed by atoms with Crippen LogP contribution in [0.25, 0.3) is 0 Å².